The summed E-state index contributed by atoms with van der Waals surface area (Å²) in [5.41, 5.74) is 1.65. The maximum atomic E-state index is 13.1. The molecule has 9 nitrogen and oxygen atoms in total. The van der Waals surface area contributed by atoms with Gasteiger partial charge in [0.05, 0.1) is 20.3 Å². The van der Waals surface area contributed by atoms with Crippen molar-refractivity contribution in [2.75, 3.05) is 38.7 Å². The third kappa shape index (κ3) is 4.66. The van der Waals surface area contributed by atoms with Crippen LogP contribution in [0.15, 0.2) is 27.6 Å². The molecule has 1 fully saturated rings. The number of morpholine rings is 1. The van der Waals surface area contributed by atoms with Gasteiger partial charge in [0.1, 0.15) is 22.0 Å². The van der Waals surface area contributed by atoms with E-state index >= 15 is 0 Å². The van der Waals surface area contributed by atoms with Gasteiger partial charge in [0.15, 0.2) is 5.76 Å². The zero-order valence-corrected chi connectivity index (χ0v) is 17.3. The molecule has 2 aromatic rings. The highest BCUT2D eigenvalue weighted by atomic mass is 32.2. The van der Waals surface area contributed by atoms with Crippen molar-refractivity contribution in [1.29, 1.82) is 0 Å². The molecule has 3 rings (SSSR count). The van der Waals surface area contributed by atoms with E-state index in [1.807, 2.05) is 0 Å². The lowest BCUT2D eigenvalue weighted by Gasteiger charge is -2.26. The summed E-state index contributed by atoms with van der Waals surface area (Å²) in [7, 11) is -2.30. The first-order valence-corrected chi connectivity index (χ1v) is 10.4. The van der Waals surface area contributed by atoms with Crippen LogP contribution in [0.1, 0.15) is 23.9 Å². The zero-order valence-electron chi connectivity index (χ0n) is 16.5. The molecule has 0 radical (unpaired) electrons. The van der Waals surface area contributed by atoms with Crippen LogP contribution in [0, 0.1) is 6.92 Å². The fraction of sp³-hybridized carbons (Fsp3) is 0.368. The first-order chi connectivity index (χ1) is 13.8. The summed E-state index contributed by atoms with van der Waals surface area (Å²) in [6.45, 7) is 4.42. The fourth-order valence-corrected chi connectivity index (χ4v) is 4.52. The number of benzene rings is 1. The van der Waals surface area contributed by atoms with Crippen molar-refractivity contribution < 1.29 is 27.2 Å². The van der Waals surface area contributed by atoms with E-state index in [0.29, 0.717) is 49.0 Å². The van der Waals surface area contributed by atoms with Gasteiger partial charge in [0, 0.05) is 20.0 Å². The number of carbonyl (C=O) groups is 1. The number of rotatable bonds is 6. The number of methoxy groups -OCH3 is 1. The van der Waals surface area contributed by atoms with Gasteiger partial charge in [-0.1, -0.05) is 17.3 Å². The Labute approximate surface area is 169 Å². The molecule has 1 aliphatic rings. The lowest BCUT2D eigenvalue weighted by atomic mass is 10.2. The van der Waals surface area contributed by atoms with Crippen molar-refractivity contribution >= 4 is 33.8 Å². The largest absolute Gasteiger partial charge is 0.495 e. The van der Waals surface area contributed by atoms with Gasteiger partial charge in [-0.05, 0) is 30.7 Å². The quantitative estimate of drug-likeness (QED) is 0.761. The van der Waals surface area contributed by atoms with Crippen molar-refractivity contribution in [3.8, 4) is 5.75 Å². The minimum Gasteiger partial charge on any atom is -0.495 e. The number of amides is 1. The van der Waals surface area contributed by atoms with Crippen LogP contribution in [0.5, 0.6) is 5.75 Å². The molecule has 1 amide bonds. The number of anilines is 1. The third-order valence-corrected chi connectivity index (χ3v) is 6.31. The lowest BCUT2D eigenvalue weighted by molar-refractivity contribution is -0.114. The minimum atomic E-state index is -3.73. The fourth-order valence-electron chi connectivity index (χ4n) is 2.93. The van der Waals surface area contributed by atoms with Gasteiger partial charge < -0.3 is 19.3 Å². The Hall–Kier alpha value is -2.69. The van der Waals surface area contributed by atoms with E-state index < -0.39 is 10.0 Å². The number of aromatic nitrogens is 1. The van der Waals surface area contributed by atoms with Gasteiger partial charge in [-0.3, -0.25) is 4.79 Å². The van der Waals surface area contributed by atoms with E-state index in [9.17, 15) is 13.2 Å². The molecule has 156 valence electrons. The van der Waals surface area contributed by atoms with Gasteiger partial charge in [0.25, 0.3) is 0 Å². The van der Waals surface area contributed by atoms with Crippen molar-refractivity contribution in [2.45, 2.75) is 18.7 Å². The van der Waals surface area contributed by atoms with E-state index in [1.165, 1.54) is 18.3 Å². The monoisotopic (exact) mass is 421 g/mol. The molecular weight excluding hydrogens is 398 g/mol. The number of carbonyl (C=O) groups excluding carboxylic acids is 1. The predicted molar refractivity (Wildman–Crippen MR) is 107 cm³/mol. The highest BCUT2D eigenvalue weighted by molar-refractivity contribution is 7.89. The van der Waals surface area contributed by atoms with Crippen LogP contribution in [-0.2, 0) is 19.6 Å². The molecule has 0 aliphatic carbocycles. The summed E-state index contributed by atoms with van der Waals surface area (Å²) in [6.07, 6.45) is 3.31. The summed E-state index contributed by atoms with van der Waals surface area (Å²) >= 11 is 0. The summed E-state index contributed by atoms with van der Waals surface area (Å²) in [5, 5.41) is 6.53. The van der Waals surface area contributed by atoms with Crippen molar-refractivity contribution in [2.24, 2.45) is 0 Å². The smallest absolute Gasteiger partial charge is 0.246 e. The second-order valence-corrected chi connectivity index (χ2v) is 8.35. The van der Waals surface area contributed by atoms with Crippen molar-refractivity contribution in [3.63, 3.8) is 0 Å². The molecule has 1 aromatic heterocycles. The van der Waals surface area contributed by atoms with Gasteiger partial charge >= 0.3 is 0 Å². The van der Waals surface area contributed by atoms with E-state index in [1.54, 1.807) is 37.3 Å². The van der Waals surface area contributed by atoms with Gasteiger partial charge in [-0.15, -0.1) is 0 Å². The second kappa shape index (κ2) is 8.76. The Balaban J connectivity index is 1.93. The van der Waals surface area contributed by atoms with Gasteiger partial charge in [-0.25, -0.2) is 8.42 Å². The van der Waals surface area contributed by atoms with Gasteiger partial charge in [-0.2, -0.15) is 4.31 Å². The number of hydrogen-bond acceptors (Lipinski definition) is 7. The van der Waals surface area contributed by atoms with Crippen LogP contribution in [0.4, 0.5) is 5.69 Å². The molecule has 1 N–H and O–H groups in total. The van der Waals surface area contributed by atoms with Crippen LogP contribution in [0.3, 0.4) is 0 Å². The maximum Gasteiger partial charge on any atom is 0.246 e. The summed E-state index contributed by atoms with van der Waals surface area (Å²) in [6, 6.07) is 4.88. The summed E-state index contributed by atoms with van der Waals surface area (Å²) in [4.78, 5) is 11.5. The topological polar surface area (TPSA) is 111 Å². The summed E-state index contributed by atoms with van der Waals surface area (Å²) < 4.78 is 43.3. The third-order valence-electron chi connectivity index (χ3n) is 4.39. The van der Waals surface area contributed by atoms with Gasteiger partial charge in [0.2, 0.25) is 15.9 Å². The van der Waals surface area contributed by atoms with E-state index in [0.717, 1.165) is 0 Å². The standard InChI is InChI=1S/C19H23N3O6S/c1-13-19(20-14(2)23)17(28-21-13)7-5-15-4-6-16(26-3)18(12-15)29(24,25)22-8-10-27-11-9-22/h4-7,12H,8-11H2,1-3H3,(H,20,23). The zero-order chi connectivity index (χ0) is 21.0. The Bertz CT molecular complexity index is 1020. The highest BCUT2D eigenvalue weighted by Crippen LogP contribution is 2.29. The Kier molecular flexibility index (Phi) is 6.36. The van der Waals surface area contributed by atoms with Crippen LogP contribution < -0.4 is 10.1 Å². The predicted octanol–water partition coefficient (Wildman–Crippen LogP) is 2.14. The molecule has 0 unspecified atom stereocenters. The average Bonchev–Trinajstić information content (AvgIpc) is 3.05. The molecule has 0 spiro atoms. The van der Waals surface area contributed by atoms with E-state index in [4.69, 9.17) is 14.0 Å². The normalized spacial score (nSPS) is 15.6. The summed E-state index contributed by atoms with van der Waals surface area (Å²) in [5.74, 6) is 0.392. The second-order valence-electron chi connectivity index (χ2n) is 6.45. The molecule has 29 heavy (non-hydrogen) atoms. The Morgan fingerprint density at radius 3 is 2.66 bits per heavy atom. The molecule has 0 saturated carbocycles. The molecule has 2 heterocycles. The number of nitrogens with zero attached hydrogens (tertiary/aromatic N) is 2. The Morgan fingerprint density at radius 1 is 1.28 bits per heavy atom. The molecule has 0 atom stereocenters. The van der Waals surface area contributed by atoms with Crippen LogP contribution in [0.2, 0.25) is 0 Å². The number of sulfonamides is 1. The average molecular weight is 421 g/mol. The SMILES string of the molecule is COc1ccc(C=Cc2onc(C)c2NC(C)=O)cc1S(=O)(=O)N1CCOCC1. The minimum absolute atomic E-state index is 0.0832. The number of nitrogens with one attached hydrogen (secondary N) is 1. The molecular formula is C19H23N3O6S. The first-order valence-electron chi connectivity index (χ1n) is 9.01. The molecule has 10 heteroatoms. The molecule has 1 saturated heterocycles. The van der Waals surface area contributed by atoms with Crippen LogP contribution in [-0.4, -0.2) is 57.2 Å². The Morgan fingerprint density at radius 2 is 2.00 bits per heavy atom. The molecule has 0 bridgehead atoms. The van der Waals surface area contributed by atoms with Crippen LogP contribution in [0.25, 0.3) is 12.2 Å². The molecule has 1 aliphatic heterocycles. The number of hydrogen-bond donors (Lipinski definition) is 1. The van der Waals surface area contributed by atoms with Crippen molar-refractivity contribution in [1.82, 2.24) is 9.46 Å². The highest BCUT2D eigenvalue weighted by Gasteiger charge is 2.29. The van der Waals surface area contributed by atoms with Crippen molar-refractivity contribution in [3.05, 3.63) is 35.2 Å². The first kappa shape index (κ1) is 21.0. The lowest BCUT2D eigenvalue weighted by Crippen LogP contribution is -2.40. The van der Waals surface area contributed by atoms with E-state index in [-0.39, 0.29) is 16.6 Å². The van der Waals surface area contributed by atoms with Crippen LogP contribution >= 0.6 is 0 Å². The van der Waals surface area contributed by atoms with E-state index in [2.05, 4.69) is 10.5 Å². The number of ether oxygens (including phenoxy) is 2. The molecule has 1 aromatic carbocycles. The maximum absolute atomic E-state index is 13.1. The number of aryl methyl sites for hydroxylation is 1.